The summed E-state index contributed by atoms with van der Waals surface area (Å²) in [5.74, 6) is 0.936. The second kappa shape index (κ2) is 15.6. The Balaban J connectivity index is 2.00. The van der Waals surface area contributed by atoms with Gasteiger partial charge in [0.05, 0.1) is 11.8 Å². The molecule has 1 fully saturated rings. The second-order valence-electron chi connectivity index (χ2n) is 10.4. The van der Waals surface area contributed by atoms with Crippen molar-refractivity contribution in [2.45, 2.75) is 103 Å². The van der Waals surface area contributed by atoms with E-state index >= 15 is 0 Å². The van der Waals surface area contributed by atoms with Crippen LogP contribution in [-0.2, 0) is 0 Å². The fraction of sp³-hybridized carbons (Fsp3) is 0.545. The summed E-state index contributed by atoms with van der Waals surface area (Å²) >= 11 is 0. The van der Waals surface area contributed by atoms with Gasteiger partial charge in [0.1, 0.15) is 0 Å². The lowest BCUT2D eigenvalue weighted by atomic mass is 9.80. The van der Waals surface area contributed by atoms with E-state index in [1.54, 1.807) is 0 Å². The first-order chi connectivity index (χ1) is 17.3. The third-order valence-corrected chi connectivity index (χ3v) is 7.61. The van der Waals surface area contributed by atoms with Crippen LogP contribution >= 0.6 is 0 Å². The zero-order valence-corrected chi connectivity index (χ0v) is 22.5. The Bertz CT molecular complexity index is 854. The fourth-order valence-electron chi connectivity index (χ4n) is 5.90. The van der Waals surface area contributed by atoms with E-state index in [9.17, 15) is 0 Å². The molecule has 1 heterocycles. The highest BCUT2D eigenvalue weighted by Crippen LogP contribution is 2.38. The Labute approximate surface area is 215 Å². The van der Waals surface area contributed by atoms with Gasteiger partial charge >= 0.3 is 0 Å². The molecule has 0 saturated heterocycles. The summed E-state index contributed by atoms with van der Waals surface area (Å²) in [4.78, 5) is 0. The molecule has 190 valence electrons. The van der Waals surface area contributed by atoms with Gasteiger partial charge in [-0.05, 0) is 37.7 Å². The van der Waals surface area contributed by atoms with Crippen molar-refractivity contribution in [3.8, 4) is 0 Å². The second-order valence-corrected chi connectivity index (χ2v) is 10.4. The normalized spacial score (nSPS) is 31.9. The molecule has 0 spiro atoms. The van der Waals surface area contributed by atoms with Crippen molar-refractivity contribution in [3.05, 3.63) is 84.6 Å². The molecule has 0 aromatic heterocycles. The molecular formula is C33H48N2. The van der Waals surface area contributed by atoms with Crippen molar-refractivity contribution in [2.24, 2.45) is 16.9 Å². The largest absolute Gasteiger partial charge is 0.289 e. The first kappa shape index (κ1) is 27.2. The van der Waals surface area contributed by atoms with E-state index in [1.807, 2.05) is 0 Å². The topological polar surface area (TPSA) is 15.6 Å². The van der Waals surface area contributed by atoms with Crippen LogP contribution in [0.5, 0.6) is 0 Å². The van der Waals surface area contributed by atoms with Crippen LogP contribution in [-0.4, -0.2) is 22.8 Å². The molecule has 0 bridgehead atoms. The first-order valence-corrected chi connectivity index (χ1v) is 14.3. The zero-order valence-electron chi connectivity index (χ0n) is 22.5. The van der Waals surface area contributed by atoms with Gasteiger partial charge in [0.2, 0.25) is 0 Å². The number of nitrogens with zero attached hydrogens (tertiary/aromatic N) is 2. The highest BCUT2D eigenvalue weighted by Gasteiger charge is 2.42. The SMILES string of the molecule is C/C=C\C(C)C1C(CCC)C(C2=C/C=C\C=C/C=C\C=C/C=C\2)=NN1C1CCCCCCCCC1. The van der Waals surface area contributed by atoms with Gasteiger partial charge in [-0.1, -0.05) is 144 Å². The Morgan fingerprint density at radius 2 is 1.43 bits per heavy atom. The molecule has 0 aromatic rings. The van der Waals surface area contributed by atoms with E-state index in [-0.39, 0.29) is 0 Å². The van der Waals surface area contributed by atoms with Gasteiger partial charge in [0.25, 0.3) is 0 Å². The van der Waals surface area contributed by atoms with Crippen molar-refractivity contribution in [1.29, 1.82) is 0 Å². The lowest BCUT2D eigenvalue weighted by molar-refractivity contribution is 0.0935. The van der Waals surface area contributed by atoms with E-state index in [0.29, 0.717) is 23.9 Å². The van der Waals surface area contributed by atoms with Crippen LogP contribution in [0.4, 0.5) is 0 Å². The molecule has 0 radical (unpaired) electrons. The Morgan fingerprint density at radius 1 is 0.857 bits per heavy atom. The van der Waals surface area contributed by atoms with Crippen LogP contribution in [0.15, 0.2) is 89.7 Å². The van der Waals surface area contributed by atoms with Crippen LogP contribution in [0, 0.1) is 11.8 Å². The minimum absolute atomic E-state index is 0.437. The summed E-state index contributed by atoms with van der Waals surface area (Å²) in [6, 6.07) is 0.995. The van der Waals surface area contributed by atoms with Crippen molar-refractivity contribution >= 4 is 5.71 Å². The highest BCUT2D eigenvalue weighted by atomic mass is 15.5. The van der Waals surface area contributed by atoms with Crippen molar-refractivity contribution < 1.29 is 0 Å². The molecule has 0 N–H and O–H groups in total. The number of hydrogen-bond donors (Lipinski definition) is 0. The van der Waals surface area contributed by atoms with Gasteiger partial charge in [0.15, 0.2) is 0 Å². The predicted molar refractivity (Wildman–Crippen MR) is 155 cm³/mol. The van der Waals surface area contributed by atoms with Gasteiger partial charge in [-0.2, -0.15) is 5.10 Å². The summed E-state index contributed by atoms with van der Waals surface area (Å²) in [5.41, 5.74) is 2.54. The molecule has 3 aliphatic rings. The fourth-order valence-corrected chi connectivity index (χ4v) is 5.90. The monoisotopic (exact) mass is 472 g/mol. The molecule has 3 rings (SSSR count). The molecular weight excluding hydrogens is 424 g/mol. The average Bonchev–Trinajstić information content (AvgIpc) is 3.22. The minimum atomic E-state index is 0.437. The Morgan fingerprint density at radius 3 is 2.03 bits per heavy atom. The number of hydrazone groups is 1. The molecule has 1 saturated carbocycles. The summed E-state index contributed by atoms with van der Waals surface area (Å²) in [5, 5.41) is 8.11. The highest BCUT2D eigenvalue weighted by molar-refractivity contribution is 6.05. The molecule has 3 atom stereocenters. The van der Waals surface area contributed by atoms with Gasteiger partial charge in [-0.25, -0.2) is 0 Å². The number of allylic oxidation sites excluding steroid dienone is 13. The maximum atomic E-state index is 5.52. The van der Waals surface area contributed by atoms with E-state index in [1.165, 1.54) is 81.9 Å². The number of rotatable bonds is 6. The first-order valence-electron chi connectivity index (χ1n) is 14.3. The van der Waals surface area contributed by atoms with Crippen LogP contribution in [0.1, 0.15) is 91.4 Å². The molecule has 1 aliphatic heterocycles. The molecule has 2 heteroatoms. The van der Waals surface area contributed by atoms with E-state index in [0.717, 1.165) is 0 Å². The van der Waals surface area contributed by atoms with Gasteiger partial charge in [-0.15, -0.1) is 0 Å². The summed E-state index contributed by atoms with van der Waals surface area (Å²) < 4.78 is 0. The van der Waals surface area contributed by atoms with E-state index in [2.05, 4.69) is 105 Å². The standard InChI is InChI=1S/C33H48N2/c1-4-22-28(3)33-31(23-5-2)32(29-24-18-14-10-7-6-8-11-15-19-25-29)34-35(33)30-26-20-16-12-9-13-17-21-27-30/h4,6-8,10-11,14-15,18-19,22,24-25,28,30-31,33H,5,9,12-13,16-17,20-21,23,26-27H2,1-3H3/b7-6-,8-6?,10-7?,11-8-,14-10-,15-11?,18-14?,19-15-,22-4-,24-18-,25-19?,29-24?,29-25+. The third kappa shape index (κ3) is 8.37. The van der Waals surface area contributed by atoms with Crippen LogP contribution in [0.2, 0.25) is 0 Å². The maximum Gasteiger partial charge on any atom is 0.0730 e. The minimum Gasteiger partial charge on any atom is -0.289 e. The van der Waals surface area contributed by atoms with Crippen LogP contribution in [0.25, 0.3) is 0 Å². The predicted octanol–water partition coefficient (Wildman–Crippen LogP) is 9.27. The van der Waals surface area contributed by atoms with Crippen molar-refractivity contribution in [3.63, 3.8) is 0 Å². The molecule has 0 aromatic carbocycles. The maximum absolute atomic E-state index is 5.52. The van der Waals surface area contributed by atoms with E-state index in [4.69, 9.17) is 5.10 Å². The van der Waals surface area contributed by atoms with Gasteiger partial charge in [0, 0.05) is 12.0 Å². The lowest BCUT2D eigenvalue weighted by Crippen LogP contribution is -2.43. The van der Waals surface area contributed by atoms with Crippen LogP contribution < -0.4 is 0 Å². The third-order valence-electron chi connectivity index (χ3n) is 7.61. The summed E-state index contributed by atoms with van der Waals surface area (Å²) in [6.45, 7) is 6.89. The molecule has 2 nitrogen and oxygen atoms in total. The summed E-state index contributed by atoms with van der Waals surface area (Å²) in [7, 11) is 0. The quantitative estimate of drug-likeness (QED) is 0.352. The smallest absolute Gasteiger partial charge is 0.0730 e. The Kier molecular flexibility index (Phi) is 12.1. The van der Waals surface area contributed by atoms with Gasteiger partial charge < -0.3 is 0 Å². The van der Waals surface area contributed by atoms with Crippen LogP contribution in [0.3, 0.4) is 0 Å². The average molecular weight is 473 g/mol. The number of hydrogen-bond acceptors (Lipinski definition) is 2. The molecule has 2 aliphatic carbocycles. The molecule has 3 unspecified atom stereocenters. The Hall–Kier alpha value is -2.35. The zero-order chi connectivity index (χ0) is 24.7. The summed E-state index contributed by atoms with van der Waals surface area (Å²) in [6.07, 6.45) is 42.7. The van der Waals surface area contributed by atoms with Crippen molar-refractivity contribution in [2.75, 3.05) is 0 Å². The lowest BCUT2D eigenvalue weighted by Gasteiger charge is -2.37. The van der Waals surface area contributed by atoms with Crippen molar-refractivity contribution in [1.82, 2.24) is 5.01 Å². The molecule has 35 heavy (non-hydrogen) atoms. The molecule has 0 amide bonds. The van der Waals surface area contributed by atoms with E-state index < -0.39 is 0 Å². The van der Waals surface area contributed by atoms with Gasteiger partial charge in [-0.3, -0.25) is 5.01 Å².